The summed E-state index contributed by atoms with van der Waals surface area (Å²) in [5, 5.41) is 3.52. The minimum Gasteiger partial charge on any atom is -0.325 e. The van der Waals surface area contributed by atoms with Crippen molar-refractivity contribution in [1.29, 1.82) is 0 Å². The first-order valence-corrected chi connectivity index (χ1v) is 8.33. The summed E-state index contributed by atoms with van der Waals surface area (Å²) < 4.78 is 0. The Bertz CT molecular complexity index is 289. The molecular formula is C16H33N3O. The summed E-state index contributed by atoms with van der Waals surface area (Å²) >= 11 is 0. The molecule has 0 aromatic rings. The summed E-state index contributed by atoms with van der Waals surface area (Å²) in [6.07, 6.45) is 3.29. The minimum absolute atomic E-state index is 0.0425. The summed E-state index contributed by atoms with van der Waals surface area (Å²) in [5.74, 6) is 0.777. The average Bonchev–Trinajstić information content (AvgIpc) is 2.73. The Morgan fingerprint density at radius 2 is 1.90 bits per heavy atom. The first kappa shape index (κ1) is 17.4. The van der Waals surface area contributed by atoms with Crippen LogP contribution in [0.1, 0.15) is 53.9 Å². The molecule has 1 aliphatic heterocycles. The molecule has 2 unspecified atom stereocenters. The van der Waals surface area contributed by atoms with Crippen molar-refractivity contribution in [2.45, 2.75) is 66.1 Å². The van der Waals surface area contributed by atoms with E-state index in [0.29, 0.717) is 11.8 Å². The third-order valence-corrected chi connectivity index (χ3v) is 4.27. The van der Waals surface area contributed by atoms with Crippen molar-refractivity contribution >= 4 is 5.91 Å². The molecule has 118 valence electrons. The third-order valence-electron chi connectivity index (χ3n) is 4.27. The number of hydrogen-bond acceptors (Lipinski definition) is 3. The molecule has 1 heterocycles. The predicted molar refractivity (Wildman–Crippen MR) is 84.6 cm³/mol. The van der Waals surface area contributed by atoms with Crippen molar-refractivity contribution in [3.05, 3.63) is 0 Å². The van der Waals surface area contributed by atoms with Gasteiger partial charge in [0.1, 0.15) is 0 Å². The van der Waals surface area contributed by atoms with Crippen LogP contribution in [0.25, 0.3) is 0 Å². The molecule has 1 N–H and O–H groups in total. The van der Waals surface area contributed by atoms with Gasteiger partial charge in [-0.2, -0.15) is 0 Å². The molecule has 0 aliphatic carbocycles. The van der Waals surface area contributed by atoms with Crippen molar-refractivity contribution in [3.63, 3.8) is 0 Å². The zero-order valence-electron chi connectivity index (χ0n) is 14.0. The van der Waals surface area contributed by atoms with Crippen LogP contribution in [-0.4, -0.2) is 54.1 Å². The summed E-state index contributed by atoms with van der Waals surface area (Å²) in [6.45, 7) is 15.1. The molecule has 2 atom stereocenters. The zero-order valence-corrected chi connectivity index (χ0v) is 14.0. The lowest BCUT2D eigenvalue weighted by Crippen LogP contribution is -2.42. The highest BCUT2D eigenvalue weighted by Crippen LogP contribution is 2.20. The van der Waals surface area contributed by atoms with Gasteiger partial charge in [-0.05, 0) is 38.4 Å². The van der Waals surface area contributed by atoms with Crippen molar-refractivity contribution in [1.82, 2.24) is 15.1 Å². The van der Waals surface area contributed by atoms with Crippen LogP contribution < -0.4 is 5.32 Å². The summed E-state index contributed by atoms with van der Waals surface area (Å²) in [4.78, 5) is 17.0. The normalized spacial score (nSPS) is 23.4. The molecule has 1 fully saturated rings. The molecule has 4 heteroatoms. The van der Waals surface area contributed by atoms with Crippen molar-refractivity contribution < 1.29 is 4.79 Å². The molecule has 0 aromatic carbocycles. The molecule has 0 bridgehead atoms. The number of hydrogen-bond donors (Lipinski definition) is 1. The number of carbonyl (C=O) groups is 1. The van der Waals surface area contributed by atoms with E-state index in [2.05, 4.69) is 49.7 Å². The van der Waals surface area contributed by atoms with Gasteiger partial charge in [0.2, 0.25) is 5.91 Å². The lowest BCUT2D eigenvalue weighted by molar-refractivity contribution is -0.130. The number of amides is 1. The van der Waals surface area contributed by atoms with Gasteiger partial charge in [0, 0.05) is 6.54 Å². The highest BCUT2D eigenvalue weighted by molar-refractivity contribution is 5.84. The second-order valence-electron chi connectivity index (χ2n) is 6.11. The van der Waals surface area contributed by atoms with Gasteiger partial charge in [0.25, 0.3) is 0 Å². The maximum absolute atomic E-state index is 12.5. The van der Waals surface area contributed by atoms with Gasteiger partial charge in [-0.1, -0.05) is 41.0 Å². The van der Waals surface area contributed by atoms with Crippen LogP contribution >= 0.6 is 0 Å². The molecule has 0 saturated carbocycles. The van der Waals surface area contributed by atoms with E-state index in [0.717, 1.165) is 45.4 Å². The molecule has 20 heavy (non-hydrogen) atoms. The summed E-state index contributed by atoms with van der Waals surface area (Å²) in [6, 6.07) is 0.0425. The van der Waals surface area contributed by atoms with Crippen LogP contribution in [0.5, 0.6) is 0 Å². The van der Waals surface area contributed by atoms with E-state index in [1.807, 2.05) is 0 Å². The van der Waals surface area contributed by atoms with E-state index < -0.39 is 0 Å². The van der Waals surface area contributed by atoms with E-state index in [9.17, 15) is 4.79 Å². The Balaban J connectivity index is 2.53. The van der Waals surface area contributed by atoms with Crippen molar-refractivity contribution in [3.8, 4) is 0 Å². The molecule has 1 aliphatic rings. The van der Waals surface area contributed by atoms with E-state index in [1.54, 1.807) is 0 Å². The standard InChI is InChI=1S/C16H33N3O/c1-6-10-14-16(20)19(15(17-14)13(4)5)12-9-11-18(7-2)8-3/h13-15,17H,6-12H2,1-5H3. The lowest BCUT2D eigenvalue weighted by atomic mass is 10.1. The lowest BCUT2D eigenvalue weighted by Gasteiger charge is -2.28. The number of nitrogens with zero attached hydrogens (tertiary/aromatic N) is 2. The fraction of sp³-hybridized carbons (Fsp3) is 0.938. The van der Waals surface area contributed by atoms with Gasteiger partial charge < -0.3 is 9.80 Å². The van der Waals surface area contributed by atoms with Gasteiger partial charge in [-0.3, -0.25) is 10.1 Å². The largest absolute Gasteiger partial charge is 0.325 e. The first-order chi connectivity index (χ1) is 9.54. The average molecular weight is 283 g/mol. The quantitative estimate of drug-likeness (QED) is 0.705. The van der Waals surface area contributed by atoms with Gasteiger partial charge in [-0.25, -0.2) is 0 Å². The molecule has 1 amide bonds. The molecule has 0 radical (unpaired) electrons. The maximum Gasteiger partial charge on any atom is 0.241 e. The summed E-state index contributed by atoms with van der Waals surface area (Å²) in [7, 11) is 0. The summed E-state index contributed by atoms with van der Waals surface area (Å²) in [5.41, 5.74) is 0. The van der Waals surface area contributed by atoms with Crippen molar-refractivity contribution in [2.75, 3.05) is 26.2 Å². The van der Waals surface area contributed by atoms with Gasteiger partial charge in [0.15, 0.2) is 0 Å². The Labute approximate surface area is 124 Å². The van der Waals surface area contributed by atoms with Gasteiger partial charge >= 0.3 is 0 Å². The SMILES string of the molecule is CCCC1NC(C(C)C)N(CCCN(CC)CC)C1=O. The molecular weight excluding hydrogens is 250 g/mol. The fourth-order valence-corrected chi connectivity index (χ4v) is 3.01. The van der Waals surface area contributed by atoms with E-state index >= 15 is 0 Å². The molecule has 0 aromatic heterocycles. The van der Waals surface area contributed by atoms with Crippen LogP contribution in [0.2, 0.25) is 0 Å². The van der Waals surface area contributed by atoms with E-state index in [4.69, 9.17) is 0 Å². The number of rotatable bonds is 9. The minimum atomic E-state index is 0.0425. The van der Waals surface area contributed by atoms with Crippen LogP contribution in [0, 0.1) is 5.92 Å². The first-order valence-electron chi connectivity index (χ1n) is 8.33. The highest BCUT2D eigenvalue weighted by Gasteiger charge is 2.38. The molecule has 0 spiro atoms. The molecule has 1 saturated heterocycles. The van der Waals surface area contributed by atoms with Crippen LogP contribution in [-0.2, 0) is 4.79 Å². The van der Waals surface area contributed by atoms with Crippen LogP contribution in [0.15, 0.2) is 0 Å². The van der Waals surface area contributed by atoms with Gasteiger partial charge in [-0.15, -0.1) is 0 Å². The second kappa shape index (κ2) is 8.63. The Morgan fingerprint density at radius 1 is 1.25 bits per heavy atom. The van der Waals surface area contributed by atoms with E-state index in [-0.39, 0.29) is 12.2 Å². The predicted octanol–water partition coefficient (Wildman–Crippen LogP) is 2.30. The van der Waals surface area contributed by atoms with Crippen LogP contribution in [0.4, 0.5) is 0 Å². The topological polar surface area (TPSA) is 35.6 Å². The van der Waals surface area contributed by atoms with E-state index in [1.165, 1.54) is 0 Å². The third kappa shape index (κ3) is 4.45. The second-order valence-corrected chi connectivity index (χ2v) is 6.11. The molecule has 4 nitrogen and oxygen atoms in total. The van der Waals surface area contributed by atoms with Gasteiger partial charge in [0.05, 0.1) is 12.2 Å². The smallest absolute Gasteiger partial charge is 0.241 e. The number of nitrogens with one attached hydrogen (secondary N) is 1. The van der Waals surface area contributed by atoms with Crippen LogP contribution in [0.3, 0.4) is 0 Å². The van der Waals surface area contributed by atoms with Crippen molar-refractivity contribution in [2.24, 2.45) is 5.92 Å². The number of carbonyl (C=O) groups excluding carboxylic acids is 1. The monoisotopic (exact) mass is 283 g/mol. The Morgan fingerprint density at radius 3 is 2.40 bits per heavy atom. The fourth-order valence-electron chi connectivity index (χ4n) is 3.01. The Kier molecular flexibility index (Phi) is 7.52. The zero-order chi connectivity index (χ0) is 15.1. The highest BCUT2D eigenvalue weighted by atomic mass is 16.2. The maximum atomic E-state index is 12.5. The Hall–Kier alpha value is -0.610. The molecule has 1 rings (SSSR count).